The number of hydrogen-bond donors (Lipinski definition) is 3. The normalized spacial score (nSPS) is 12.9. The maximum Gasteiger partial charge on any atom is 0.221 e. The third kappa shape index (κ3) is 5.94. The molecule has 1 amide bonds. The number of carbonyl (C=O) groups excluding carboxylic acids is 1. The molecule has 0 radical (unpaired) electrons. The van der Waals surface area contributed by atoms with E-state index in [9.17, 15) is 4.79 Å². The number of rotatable bonds is 7. The molecule has 0 spiro atoms. The first-order valence-corrected chi connectivity index (χ1v) is 5.22. The summed E-state index contributed by atoms with van der Waals surface area (Å²) in [5, 5.41) is 14.9. The molecule has 84 valence electrons. The van der Waals surface area contributed by atoms with E-state index in [4.69, 9.17) is 5.11 Å². The molecule has 4 heteroatoms. The Morgan fingerprint density at radius 3 is 2.50 bits per heavy atom. The molecule has 3 N–H and O–H groups in total. The van der Waals surface area contributed by atoms with Crippen molar-refractivity contribution in [3.05, 3.63) is 0 Å². The van der Waals surface area contributed by atoms with Crippen LogP contribution in [0, 0.1) is 5.92 Å². The van der Waals surface area contributed by atoms with Crippen LogP contribution in [0.2, 0.25) is 0 Å². The van der Waals surface area contributed by atoms with Crippen LogP contribution in [-0.4, -0.2) is 36.8 Å². The van der Waals surface area contributed by atoms with Gasteiger partial charge in [0.1, 0.15) is 0 Å². The zero-order chi connectivity index (χ0) is 11.0. The lowest BCUT2D eigenvalue weighted by molar-refractivity contribution is -0.122. The molecule has 1 atom stereocenters. The van der Waals surface area contributed by atoms with Crippen LogP contribution in [0.5, 0.6) is 0 Å². The van der Waals surface area contributed by atoms with Crippen molar-refractivity contribution in [1.29, 1.82) is 0 Å². The first kappa shape index (κ1) is 13.4. The van der Waals surface area contributed by atoms with Crippen LogP contribution in [0.1, 0.15) is 27.2 Å². The van der Waals surface area contributed by atoms with E-state index in [1.54, 1.807) is 0 Å². The van der Waals surface area contributed by atoms with Crippen LogP contribution in [0.3, 0.4) is 0 Å². The summed E-state index contributed by atoms with van der Waals surface area (Å²) >= 11 is 0. The van der Waals surface area contributed by atoms with Gasteiger partial charge in [-0.1, -0.05) is 20.8 Å². The van der Waals surface area contributed by atoms with Crippen LogP contribution >= 0.6 is 0 Å². The van der Waals surface area contributed by atoms with Crippen LogP contribution < -0.4 is 10.6 Å². The van der Waals surface area contributed by atoms with Crippen LogP contribution in [-0.2, 0) is 4.79 Å². The number of aliphatic hydroxyl groups excluding tert-OH is 1. The summed E-state index contributed by atoms with van der Waals surface area (Å²) in [5.74, 6) is 0.266. The molecule has 0 aromatic heterocycles. The van der Waals surface area contributed by atoms with E-state index < -0.39 is 0 Å². The Morgan fingerprint density at radius 2 is 2.07 bits per heavy atom. The summed E-state index contributed by atoms with van der Waals surface area (Å²) in [6.45, 7) is 7.53. The van der Waals surface area contributed by atoms with Crippen LogP contribution in [0.4, 0.5) is 0 Å². The second-order valence-corrected chi connectivity index (χ2v) is 3.70. The third-order valence-corrected chi connectivity index (χ3v) is 2.13. The monoisotopic (exact) mass is 202 g/mol. The number of aliphatic hydroxyl groups is 1. The number of nitrogens with one attached hydrogen (secondary N) is 2. The highest BCUT2D eigenvalue weighted by atomic mass is 16.3. The fourth-order valence-electron chi connectivity index (χ4n) is 1.08. The van der Waals surface area contributed by atoms with E-state index in [0.29, 0.717) is 13.0 Å². The second kappa shape index (κ2) is 7.76. The van der Waals surface area contributed by atoms with Crippen molar-refractivity contribution in [2.24, 2.45) is 5.92 Å². The third-order valence-electron chi connectivity index (χ3n) is 2.13. The van der Waals surface area contributed by atoms with Gasteiger partial charge in [0, 0.05) is 13.0 Å². The molecule has 0 fully saturated rings. The number of hydrogen-bond acceptors (Lipinski definition) is 3. The van der Waals surface area contributed by atoms with Gasteiger partial charge in [0.15, 0.2) is 0 Å². The Morgan fingerprint density at radius 1 is 1.43 bits per heavy atom. The summed E-state index contributed by atoms with van der Waals surface area (Å²) in [4.78, 5) is 11.3. The predicted molar refractivity (Wildman–Crippen MR) is 57.0 cm³/mol. The van der Waals surface area contributed by atoms with Gasteiger partial charge >= 0.3 is 0 Å². The van der Waals surface area contributed by atoms with Crippen molar-refractivity contribution in [2.45, 2.75) is 33.2 Å². The number of amides is 1. The predicted octanol–water partition coefficient (Wildman–Crippen LogP) is 0.119. The van der Waals surface area contributed by atoms with Crippen molar-refractivity contribution < 1.29 is 9.90 Å². The molecule has 0 aliphatic carbocycles. The van der Waals surface area contributed by atoms with E-state index in [-0.39, 0.29) is 24.5 Å². The quantitative estimate of drug-likeness (QED) is 0.514. The van der Waals surface area contributed by atoms with Crippen molar-refractivity contribution in [1.82, 2.24) is 10.6 Å². The van der Waals surface area contributed by atoms with Crippen molar-refractivity contribution in [3.8, 4) is 0 Å². The highest BCUT2D eigenvalue weighted by Gasteiger charge is 2.14. The fraction of sp³-hybridized carbons (Fsp3) is 0.900. The Kier molecular flexibility index (Phi) is 7.42. The van der Waals surface area contributed by atoms with E-state index in [2.05, 4.69) is 10.6 Å². The summed E-state index contributed by atoms with van der Waals surface area (Å²) in [5.41, 5.74) is 0. The van der Waals surface area contributed by atoms with Crippen molar-refractivity contribution in [3.63, 3.8) is 0 Å². The lowest BCUT2D eigenvalue weighted by Gasteiger charge is -2.19. The van der Waals surface area contributed by atoms with Gasteiger partial charge in [0.2, 0.25) is 5.91 Å². The van der Waals surface area contributed by atoms with Crippen molar-refractivity contribution >= 4 is 5.91 Å². The maximum atomic E-state index is 11.3. The average Bonchev–Trinajstić information content (AvgIpc) is 2.14. The highest BCUT2D eigenvalue weighted by molar-refractivity contribution is 5.76. The molecule has 0 heterocycles. The van der Waals surface area contributed by atoms with Gasteiger partial charge < -0.3 is 15.7 Å². The smallest absolute Gasteiger partial charge is 0.221 e. The zero-order valence-corrected chi connectivity index (χ0v) is 9.34. The van der Waals surface area contributed by atoms with Gasteiger partial charge in [-0.15, -0.1) is 0 Å². The minimum Gasteiger partial charge on any atom is -0.394 e. The van der Waals surface area contributed by atoms with Gasteiger partial charge in [0.25, 0.3) is 0 Å². The minimum atomic E-state index is -0.121. The molecule has 0 aliphatic rings. The molecule has 0 saturated heterocycles. The molecule has 4 nitrogen and oxygen atoms in total. The van der Waals surface area contributed by atoms with E-state index in [0.717, 1.165) is 6.54 Å². The SMILES string of the molecule is CCNCCC(=O)NC(CO)C(C)C. The van der Waals surface area contributed by atoms with Crippen molar-refractivity contribution in [2.75, 3.05) is 19.7 Å². The molecule has 1 unspecified atom stereocenters. The minimum absolute atomic E-state index is 0.00120. The molecule has 0 aromatic carbocycles. The van der Waals surface area contributed by atoms with Crippen LogP contribution in [0.15, 0.2) is 0 Å². The van der Waals surface area contributed by atoms with E-state index >= 15 is 0 Å². The Hall–Kier alpha value is -0.610. The zero-order valence-electron chi connectivity index (χ0n) is 9.34. The van der Waals surface area contributed by atoms with Crippen LogP contribution in [0.25, 0.3) is 0 Å². The average molecular weight is 202 g/mol. The molecule has 0 aromatic rings. The van der Waals surface area contributed by atoms with E-state index in [1.807, 2.05) is 20.8 Å². The molecule has 0 rings (SSSR count). The molecule has 0 saturated carbocycles. The van der Waals surface area contributed by atoms with Gasteiger partial charge in [-0.2, -0.15) is 0 Å². The standard InChI is InChI=1S/C10H22N2O2/c1-4-11-6-5-10(14)12-9(7-13)8(2)3/h8-9,11,13H,4-7H2,1-3H3,(H,12,14). The summed E-state index contributed by atoms with van der Waals surface area (Å²) in [6, 6.07) is -0.121. The van der Waals surface area contributed by atoms with Gasteiger partial charge in [-0.3, -0.25) is 4.79 Å². The first-order valence-electron chi connectivity index (χ1n) is 5.22. The highest BCUT2D eigenvalue weighted by Crippen LogP contribution is 2.00. The Bertz CT molecular complexity index is 160. The Balaban J connectivity index is 3.68. The second-order valence-electron chi connectivity index (χ2n) is 3.70. The molecule has 0 bridgehead atoms. The Labute approximate surface area is 86.1 Å². The fourth-order valence-corrected chi connectivity index (χ4v) is 1.08. The largest absolute Gasteiger partial charge is 0.394 e. The lowest BCUT2D eigenvalue weighted by atomic mass is 10.1. The van der Waals surface area contributed by atoms with E-state index in [1.165, 1.54) is 0 Å². The first-order chi connectivity index (χ1) is 6.61. The topological polar surface area (TPSA) is 61.4 Å². The molecule has 14 heavy (non-hydrogen) atoms. The number of carbonyl (C=O) groups is 1. The molecular formula is C10H22N2O2. The molecule has 0 aliphatic heterocycles. The van der Waals surface area contributed by atoms with Gasteiger partial charge in [0.05, 0.1) is 12.6 Å². The summed E-state index contributed by atoms with van der Waals surface area (Å²) < 4.78 is 0. The summed E-state index contributed by atoms with van der Waals surface area (Å²) in [7, 11) is 0. The lowest BCUT2D eigenvalue weighted by Crippen LogP contribution is -2.42. The molecular weight excluding hydrogens is 180 g/mol. The maximum absolute atomic E-state index is 11.3. The van der Waals surface area contributed by atoms with Gasteiger partial charge in [-0.25, -0.2) is 0 Å². The summed E-state index contributed by atoms with van der Waals surface area (Å²) in [6.07, 6.45) is 0.469. The van der Waals surface area contributed by atoms with Gasteiger partial charge in [-0.05, 0) is 12.5 Å².